The van der Waals surface area contributed by atoms with Crippen LogP contribution in [0.5, 0.6) is 5.75 Å². The van der Waals surface area contributed by atoms with Gasteiger partial charge in [0.1, 0.15) is 5.75 Å². The van der Waals surface area contributed by atoms with Gasteiger partial charge in [0, 0.05) is 28.6 Å². The number of hydrogen-bond donors (Lipinski definition) is 2. The van der Waals surface area contributed by atoms with Crippen molar-refractivity contribution in [2.24, 2.45) is 5.73 Å². The van der Waals surface area contributed by atoms with Crippen molar-refractivity contribution in [3.63, 3.8) is 0 Å². The van der Waals surface area contributed by atoms with Crippen molar-refractivity contribution >= 4 is 32.3 Å². The van der Waals surface area contributed by atoms with Crippen molar-refractivity contribution in [3.05, 3.63) is 59.1 Å². The Hall–Kier alpha value is -2.43. The van der Waals surface area contributed by atoms with E-state index in [-0.39, 0.29) is 6.04 Å². The maximum absolute atomic E-state index is 10.8. The van der Waals surface area contributed by atoms with Crippen LogP contribution in [0.15, 0.2) is 48.0 Å². The number of aromatic hydroxyl groups is 1. The minimum atomic E-state index is -0.00731. The van der Waals surface area contributed by atoms with Crippen LogP contribution < -0.4 is 5.73 Å². The Kier molecular flexibility index (Phi) is 3.94. The molecule has 1 atom stereocenters. The molecule has 0 saturated heterocycles. The van der Waals surface area contributed by atoms with Crippen LogP contribution in [-0.2, 0) is 6.42 Å². The number of nitrogens with two attached hydrogens (primary N) is 1. The summed E-state index contributed by atoms with van der Waals surface area (Å²) >= 11 is 1.67. The Balaban J connectivity index is 2.08. The Morgan fingerprint density at radius 1 is 1.20 bits per heavy atom. The molecule has 4 aromatic rings. The van der Waals surface area contributed by atoms with Gasteiger partial charge < -0.3 is 10.8 Å². The lowest BCUT2D eigenvalue weighted by Crippen LogP contribution is -2.04. The molecular weight excluding hydrogens is 328 g/mol. The van der Waals surface area contributed by atoms with Gasteiger partial charge in [0.25, 0.3) is 0 Å². The van der Waals surface area contributed by atoms with Crippen LogP contribution in [0, 0.1) is 0 Å². The van der Waals surface area contributed by atoms with Crippen LogP contribution in [0.4, 0.5) is 0 Å². The van der Waals surface area contributed by atoms with Gasteiger partial charge in [-0.3, -0.25) is 4.98 Å². The van der Waals surface area contributed by atoms with Crippen molar-refractivity contribution in [3.8, 4) is 16.9 Å². The average molecular weight is 348 g/mol. The number of aryl methyl sites for hydroxylation is 1. The van der Waals surface area contributed by atoms with Crippen LogP contribution in [0.3, 0.4) is 0 Å². The molecule has 3 nitrogen and oxygen atoms in total. The van der Waals surface area contributed by atoms with Crippen LogP contribution in [-0.4, -0.2) is 10.1 Å². The monoisotopic (exact) mass is 348 g/mol. The van der Waals surface area contributed by atoms with Crippen LogP contribution in [0.1, 0.15) is 31.0 Å². The van der Waals surface area contributed by atoms with Gasteiger partial charge >= 0.3 is 0 Å². The standard InChI is InChI=1S/C21H20N2OS/c1-3-13-10-17(24)19(15-6-4-14(5-7-15)12(2)22)20-16-8-9-25-18(16)11-23-21(13)20/h4-12,24H,3,22H2,1-2H3/t12-/m1/s1. The molecule has 4 heteroatoms. The fraction of sp³-hybridized carbons (Fsp3) is 0.190. The highest BCUT2D eigenvalue weighted by Crippen LogP contribution is 2.42. The molecule has 0 aliphatic rings. The summed E-state index contributed by atoms with van der Waals surface area (Å²) in [6.07, 6.45) is 2.76. The molecule has 2 aromatic heterocycles. The molecule has 25 heavy (non-hydrogen) atoms. The van der Waals surface area contributed by atoms with E-state index in [1.807, 2.05) is 43.5 Å². The molecule has 0 spiro atoms. The fourth-order valence-corrected chi connectivity index (χ4v) is 4.15. The maximum Gasteiger partial charge on any atom is 0.124 e. The third-order valence-electron chi connectivity index (χ3n) is 4.74. The minimum Gasteiger partial charge on any atom is -0.507 e. The van der Waals surface area contributed by atoms with Crippen LogP contribution in [0.25, 0.3) is 32.1 Å². The maximum atomic E-state index is 10.8. The molecule has 2 heterocycles. The highest BCUT2D eigenvalue weighted by atomic mass is 32.1. The van der Waals surface area contributed by atoms with Crippen molar-refractivity contribution in [1.82, 2.24) is 4.98 Å². The second-order valence-corrected chi connectivity index (χ2v) is 7.32. The second kappa shape index (κ2) is 6.14. The number of fused-ring (bicyclic) bond motifs is 3. The van der Waals surface area contributed by atoms with E-state index in [4.69, 9.17) is 10.7 Å². The number of nitrogens with zero attached hydrogens (tertiary/aromatic N) is 1. The predicted octanol–water partition coefficient (Wildman–Crippen LogP) is 5.40. The summed E-state index contributed by atoms with van der Waals surface area (Å²) in [4.78, 5) is 4.70. The number of phenolic OH excluding ortho intramolecular Hbond substituents is 1. The van der Waals surface area contributed by atoms with E-state index in [1.54, 1.807) is 11.3 Å². The van der Waals surface area contributed by atoms with E-state index >= 15 is 0 Å². The van der Waals surface area contributed by atoms with Crippen molar-refractivity contribution in [1.29, 1.82) is 0 Å². The first kappa shape index (κ1) is 16.1. The zero-order valence-corrected chi connectivity index (χ0v) is 15.1. The molecule has 0 amide bonds. The number of thiophene rings is 1. The van der Waals surface area contributed by atoms with E-state index in [0.29, 0.717) is 5.75 Å². The summed E-state index contributed by atoms with van der Waals surface area (Å²) in [5.41, 5.74) is 10.9. The average Bonchev–Trinajstić information content (AvgIpc) is 3.10. The molecule has 3 N–H and O–H groups in total. The molecule has 0 radical (unpaired) electrons. The third-order valence-corrected chi connectivity index (χ3v) is 5.59. The molecule has 0 aliphatic heterocycles. The molecule has 0 unspecified atom stereocenters. The fourth-order valence-electron chi connectivity index (χ4n) is 3.39. The summed E-state index contributed by atoms with van der Waals surface area (Å²) in [7, 11) is 0. The Morgan fingerprint density at radius 2 is 1.96 bits per heavy atom. The van der Waals surface area contributed by atoms with Gasteiger partial charge in [0.2, 0.25) is 0 Å². The lowest BCUT2D eigenvalue weighted by Gasteiger charge is -2.14. The van der Waals surface area contributed by atoms with E-state index in [9.17, 15) is 5.11 Å². The van der Waals surface area contributed by atoms with Gasteiger partial charge in [-0.15, -0.1) is 11.3 Å². The van der Waals surface area contributed by atoms with Gasteiger partial charge in [-0.1, -0.05) is 31.2 Å². The first-order valence-electron chi connectivity index (χ1n) is 8.46. The summed E-state index contributed by atoms with van der Waals surface area (Å²) in [6, 6.07) is 12.1. The van der Waals surface area contributed by atoms with E-state index in [2.05, 4.69) is 18.4 Å². The number of aromatic nitrogens is 1. The first-order chi connectivity index (χ1) is 12.1. The SMILES string of the molecule is CCc1cc(O)c(-c2ccc([C@@H](C)N)cc2)c2c1ncc1sccc12. The summed E-state index contributed by atoms with van der Waals surface area (Å²) in [5, 5.41) is 15.1. The molecule has 0 aliphatic carbocycles. The first-order valence-corrected chi connectivity index (χ1v) is 9.34. The lowest BCUT2D eigenvalue weighted by atomic mass is 9.93. The van der Waals surface area contributed by atoms with Crippen LogP contribution >= 0.6 is 11.3 Å². The van der Waals surface area contributed by atoms with Gasteiger partial charge in [-0.05, 0) is 47.5 Å². The zero-order chi connectivity index (χ0) is 17.6. The number of benzene rings is 2. The topological polar surface area (TPSA) is 59.1 Å². The lowest BCUT2D eigenvalue weighted by molar-refractivity contribution is 0.477. The van der Waals surface area contributed by atoms with Gasteiger partial charge in [-0.2, -0.15) is 0 Å². The Labute approximate surface area is 150 Å². The van der Waals surface area contributed by atoms with Crippen molar-refractivity contribution in [2.75, 3.05) is 0 Å². The summed E-state index contributed by atoms with van der Waals surface area (Å²) in [5.74, 6) is 0.304. The molecule has 0 saturated carbocycles. The minimum absolute atomic E-state index is 0.00731. The number of rotatable bonds is 3. The van der Waals surface area contributed by atoms with E-state index < -0.39 is 0 Å². The van der Waals surface area contributed by atoms with Crippen molar-refractivity contribution in [2.45, 2.75) is 26.3 Å². The third kappa shape index (κ3) is 2.58. The predicted molar refractivity (Wildman–Crippen MR) is 106 cm³/mol. The highest BCUT2D eigenvalue weighted by molar-refractivity contribution is 7.17. The Bertz CT molecular complexity index is 1060. The summed E-state index contributed by atoms with van der Waals surface area (Å²) < 4.78 is 1.13. The normalized spacial score (nSPS) is 12.8. The molecule has 126 valence electrons. The highest BCUT2D eigenvalue weighted by Gasteiger charge is 2.17. The van der Waals surface area contributed by atoms with Crippen molar-refractivity contribution < 1.29 is 5.11 Å². The van der Waals surface area contributed by atoms with Gasteiger partial charge in [0.05, 0.1) is 10.2 Å². The molecule has 2 aromatic carbocycles. The molecule has 0 bridgehead atoms. The van der Waals surface area contributed by atoms with E-state index in [0.717, 1.165) is 49.7 Å². The molecule has 4 rings (SSSR count). The largest absolute Gasteiger partial charge is 0.507 e. The molecular formula is C21H20N2OS. The van der Waals surface area contributed by atoms with Crippen LogP contribution in [0.2, 0.25) is 0 Å². The van der Waals surface area contributed by atoms with E-state index in [1.165, 1.54) is 0 Å². The second-order valence-electron chi connectivity index (χ2n) is 6.37. The molecule has 0 fully saturated rings. The zero-order valence-electron chi connectivity index (χ0n) is 14.3. The number of pyridine rings is 1. The van der Waals surface area contributed by atoms with Gasteiger partial charge in [-0.25, -0.2) is 0 Å². The number of phenols is 1. The summed E-state index contributed by atoms with van der Waals surface area (Å²) in [6.45, 7) is 4.06. The van der Waals surface area contributed by atoms with Gasteiger partial charge in [0.15, 0.2) is 0 Å². The smallest absolute Gasteiger partial charge is 0.124 e. The number of hydrogen-bond acceptors (Lipinski definition) is 4. The Morgan fingerprint density at radius 3 is 2.64 bits per heavy atom. The quantitative estimate of drug-likeness (QED) is 0.521.